The second-order valence-corrected chi connectivity index (χ2v) is 7.86. The van der Waals surface area contributed by atoms with Gasteiger partial charge >= 0.3 is 6.09 Å². The standard InChI is InChI=1S/C19H27ClN2O4/c1-13(25-16-9-7-14(20)8-10-16)17(23)22-11-5-6-15(22)12-21-18(24)26-19(2,3)4/h7-10,13,15H,5-6,11-12H2,1-4H3,(H,21,24)/t13-,15+/m0/s1. The molecule has 1 fully saturated rings. The highest BCUT2D eigenvalue weighted by Gasteiger charge is 2.32. The van der Waals surface area contributed by atoms with Crippen LogP contribution in [-0.2, 0) is 9.53 Å². The number of benzene rings is 1. The predicted molar refractivity (Wildman–Crippen MR) is 101 cm³/mol. The SMILES string of the molecule is C[C@H](Oc1ccc(Cl)cc1)C(=O)N1CCC[C@@H]1CNC(=O)OC(C)(C)C. The molecular weight excluding hydrogens is 356 g/mol. The zero-order chi connectivity index (χ0) is 19.3. The van der Waals surface area contributed by atoms with Gasteiger partial charge in [0.1, 0.15) is 11.4 Å². The molecular formula is C19H27ClN2O4. The molecule has 0 spiro atoms. The summed E-state index contributed by atoms with van der Waals surface area (Å²) in [5.74, 6) is 0.506. The van der Waals surface area contributed by atoms with Crippen molar-refractivity contribution in [1.82, 2.24) is 10.2 Å². The van der Waals surface area contributed by atoms with Crippen molar-refractivity contribution in [1.29, 1.82) is 0 Å². The average molecular weight is 383 g/mol. The van der Waals surface area contributed by atoms with Gasteiger partial charge in [-0.3, -0.25) is 4.79 Å². The maximum absolute atomic E-state index is 12.7. The van der Waals surface area contributed by atoms with Crippen molar-refractivity contribution in [3.63, 3.8) is 0 Å². The largest absolute Gasteiger partial charge is 0.481 e. The summed E-state index contributed by atoms with van der Waals surface area (Å²) in [7, 11) is 0. The van der Waals surface area contributed by atoms with E-state index >= 15 is 0 Å². The van der Waals surface area contributed by atoms with Crippen LogP contribution in [0.15, 0.2) is 24.3 Å². The molecule has 1 N–H and O–H groups in total. The number of likely N-dealkylation sites (tertiary alicyclic amines) is 1. The van der Waals surface area contributed by atoms with Crippen LogP contribution in [0.25, 0.3) is 0 Å². The van der Waals surface area contributed by atoms with Crippen molar-refractivity contribution in [2.24, 2.45) is 0 Å². The molecule has 2 amide bonds. The summed E-state index contributed by atoms with van der Waals surface area (Å²) >= 11 is 5.86. The number of rotatable bonds is 5. The number of nitrogens with one attached hydrogen (secondary N) is 1. The third-order valence-corrected chi connectivity index (χ3v) is 4.27. The number of carbonyl (C=O) groups excluding carboxylic acids is 2. The molecule has 0 unspecified atom stereocenters. The van der Waals surface area contributed by atoms with E-state index in [1.54, 1.807) is 36.1 Å². The maximum Gasteiger partial charge on any atom is 0.407 e. The number of hydrogen-bond acceptors (Lipinski definition) is 4. The van der Waals surface area contributed by atoms with E-state index in [0.717, 1.165) is 12.8 Å². The van der Waals surface area contributed by atoms with Gasteiger partial charge in [0.25, 0.3) is 5.91 Å². The van der Waals surface area contributed by atoms with Gasteiger partial charge in [-0.2, -0.15) is 0 Å². The molecule has 6 nitrogen and oxygen atoms in total. The van der Waals surface area contributed by atoms with Crippen LogP contribution in [0.2, 0.25) is 5.02 Å². The van der Waals surface area contributed by atoms with Gasteiger partial charge < -0.3 is 19.7 Å². The first-order valence-corrected chi connectivity index (χ1v) is 9.23. The molecule has 0 bridgehead atoms. The Hall–Kier alpha value is -1.95. The molecule has 1 aliphatic rings. The molecule has 0 aliphatic carbocycles. The molecule has 0 saturated carbocycles. The third-order valence-electron chi connectivity index (χ3n) is 4.02. The van der Waals surface area contributed by atoms with Crippen molar-refractivity contribution >= 4 is 23.6 Å². The number of alkyl carbamates (subject to hydrolysis) is 1. The second-order valence-electron chi connectivity index (χ2n) is 7.42. The van der Waals surface area contributed by atoms with Gasteiger partial charge in [-0.15, -0.1) is 0 Å². The fourth-order valence-corrected chi connectivity index (χ4v) is 2.98. The first kappa shape index (κ1) is 20.4. The van der Waals surface area contributed by atoms with Crippen molar-refractivity contribution in [2.75, 3.05) is 13.1 Å². The van der Waals surface area contributed by atoms with Crippen molar-refractivity contribution < 1.29 is 19.1 Å². The van der Waals surface area contributed by atoms with Crippen LogP contribution in [-0.4, -0.2) is 47.7 Å². The van der Waals surface area contributed by atoms with E-state index in [2.05, 4.69) is 5.32 Å². The molecule has 26 heavy (non-hydrogen) atoms. The quantitative estimate of drug-likeness (QED) is 0.844. The molecule has 2 rings (SSSR count). The minimum Gasteiger partial charge on any atom is -0.481 e. The van der Waals surface area contributed by atoms with E-state index < -0.39 is 17.8 Å². The van der Waals surface area contributed by atoms with Gasteiger partial charge in [0.05, 0.1) is 0 Å². The van der Waals surface area contributed by atoms with Crippen LogP contribution < -0.4 is 10.1 Å². The van der Waals surface area contributed by atoms with Gasteiger partial charge in [-0.25, -0.2) is 4.79 Å². The topological polar surface area (TPSA) is 67.9 Å². The number of amides is 2. The van der Waals surface area contributed by atoms with Crippen LogP contribution >= 0.6 is 11.6 Å². The Bertz CT molecular complexity index is 627. The van der Waals surface area contributed by atoms with Crippen molar-refractivity contribution in [3.8, 4) is 5.75 Å². The van der Waals surface area contributed by atoms with E-state index in [0.29, 0.717) is 23.9 Å². The molecule has 144 valence electrons. The monoisotopic (exact) mass is 382 g/mol. The van der Waals surface area contributed by atoms with Crippen LogP contribution in [0.1, 0.15) is 40.5 Å². The lowest BCUT2D eigenvalue weighted by atomic mass is 10.2. The van der Waals surface area contributed by atoms with Crippen LogP contribution in [0.4, 0.5) is 4.79 Å². The molecule has 0 aromatic heterocycles. The Morgan fingerprint density at radius 2 is 1.96 bits per heavy atom. The van der Waals surface area contributed by atoms with E-state index in [4.69, 9.17) is 21.1 Å². The Balaban J connectivity index is 1.88. The van der Waals surface area contributed by atoms with Gasteiger partial charge in [-0.1, -0.05) is 11.6 Å². The highest BCUT2D eigenvalue weighted by Crippen LogP contribution is 2.21. The Kier molecular flexibility index (Phi) is 6.75. The van der Waals surface area contributed by atoms with E-state index in [1.807, 2.05) is 20.8 Å². The number of nitrogens with zero attached hydrogens (tertiary/aromatic N) is 1. The molecule has 1 heterocycles. The highest BCUT2D eigenvalue weighted by molar-refractivity contribution is 6.30. The normalized spacial score (nSPS) is 18.3. The van der Waals surface area contributed by atoms with E-state index in [-0.39, 0.29) is 11.9 Å². The highest BCUT2D eigenvalue weighted by atomic mass is 35.5. The molecule has 1 aromatic carbocycles. The van der Waals surface area contributed by atoms with Crippen molar-refractivity contribution in [2.45, 2.75) is 58.3 Å². The van der Waals surface area contributed by atoms with Crippen LogP contribution in [0.5, 0.6) is 5.75 Å². The number of ether oxygens (including phenoxy) is 2. The summed E-state index contributed by atoms with van der Waals surface area (Å²) in [6, 6.07) is 6.86. The van der Waals surface area contributed by atoms with Gasteiger partial charge in [0.2, 0.25) is 0 Å². The number of halogens is 1. The fourth-order valence-electron chi connectivity index (χ4n) is 2.85. The van der Waals surface area contributed by atoms with Gasteiger partial charge in [0.15, 0.2) is 6.10 Å². The predicted octanol–water partition coefficient (Wildman–Crippen LogP) is 3.62. The lowest BCUT2D eigenvalue weighted by Crippen LogP contribution is -2.48. The lowest BCUT2D eigenvalue weighted by molar-refractivity contribution is -0.138. The fraction of sp³-hybridized carbons (Fsp3) is 0.579. The smallest absolute Gasteiger partial charge is 0.407 e. The maximum atomic E-state index is 12.7. The summed E-state index contributed by atoms with van der Waals surface area (Å²) in [6.45, 7) is 8.20. The zero-order valence-electron chi connectivity index (χ0n) is 15.8. The average Bonchev–Trinajstić information content (AvgIpc) is 3.01. The summed E-state index contributed by atoms with van der Waals surface area (Å²) in [5.41, 5.74) is -0.545. The van der Waals surface area contributed by atoms with E-state index in [1.165, 1.54) is 0 Å². The summed E-state index contributed by atoms with van der Waals surface area (Å²) in [4.78, 5) is 26.3. The Morgan fingerprint density at radius 3 is 2.58 bits per heavy atom. The minimum atomic E-state index is -0.613. The molecule has 0 radical (unpaired) electrons. The summed E-state index contributed by atoms with van der Waals surface area (Å²) < 4.78 is 11.0. The van der Waals surface area contributed by atoms with Crippen molar-refractivity contribution in [3.05, 3.63) is 29.3 Å². The second kappa shape index (κ2) is 8.62. The Morgan fingerprint density at radius 1 is 1.31 bits per heavy atom. The zero-order valence-corrected chi connectivity index (χ0v) is 16.5. The number of carbonyl (C=O) groups is 2. The molecule has 1 aliphatic heterocycles. The summed E-state index contributed by atoms with van der Waals surface area (Å²) in [6.07, 6.45) is 0.662. The van der Waals surface area contributed by atoms with Gasteiger partial charge in [-0.05, 0) is 64.8 Å². The molecule has 7 heteroatoms. The summed E-state index contributed by atoms with van der Waals surface area (Å²) in [5, 5.41) is 3.37. The van der Waals surface area contributed by atoms with Crippen LogP contribution in [0.3, 0.4) is 0 Å². The molecule has 2 atom stereocenters. The molecule has 1 saturated heterocycles. The first-order chi connectivity index (χ1) is 12.2. The minimum absolute atomic E-state index is 0.0497. The van der Waals surface area contributed by atoms with Crippen LogP contribution in [0, 0.1) is 0 Å². The molecule has 1 aromatic rings. The Labute approximate surface area is 159 Å². The first-order valence-electron chi connectivity index (χ1n) is 8.85. The van der Waals surface area contributed by atoms with E-state index in [9.17, 15) is 9.59 Å². The van der Waals surface area contributed by atoms with Gasteiger partial charge in [0, 0.05) is 24.2 Å². The number of hydrogen-bond donors (Lipinski definition) is 1. The third kappa shape index (κ3) is 6.09. The lowest BCUT2D eigenvalue weighted by Gasteiger charge is -2.28.